The van der Waals surface area contributed by atoms with Crippen molar-refractivity contribution in [2.24, 2.45) is 5.73 Å². The summed E-state index contributed by atoms with van der Waals surface area (Å²) in [6, 6.07) is -3.26. The fourth-order valence-electron chi connectivity index (χ4n) is 7.08. The van der Waals surface area contributed by atoms with E-state index in [-0.39, 0.29) is 0 Å². The summed E-state index contributed by atoms with van der Waals surface area (Å²) in [6.07, 6.45) is -36.3. The molecule has 26 heteroatoms. The van der Waals surface area contributed by atoms with Crippen LogP contribution < -0.4 is 16.4 Å². The van der Waals surface area contributed by atoms with Gasteiger partial charge in [-0.15, -0.1) is 0 Å². The summed E-state index contributed by atoms with van der Waals surface area (Å²) in [5.41, 5.74) is 5.75. The van der Waals surface area contributed by atoms with Gasteiger partial charge in [-0.2, -0.15) is 0 Å². The van der Waals surface area contributed by atoms with Crippen molar-refractivity contribution in [1.29, 1.82) is 0 Å². The van der Waals surface area contributed by atoms with Gasteiger partial charge in [0.05, 0.1) is 38.6 Å². The molecule has 21 atom stereocenters. The third-order valence-electron chi connectivity index (χ3n) is 10.0. The number of aliphatic hydroxyl groups excluding tert-OH is 13. The molecule has 3 amide bonds. The van der Waals surface area contributed by atoms with Crippen LogP contribution in [0.15, 0.2) is 0 Å². The summed E-state index contributed by atoms with van der Waals surface area (Å²) < 4.78 is 40.1. The number of amides is 3. The van der Waals surface area contributed by atoms with E-state index in [1.54, 1.807) is 0 Å². The Kier molecular flexibility index (Phi) is 16.4. The second-order valence-electron chi connectivity index (χ2n) is 14.1. The Morgan fingerprint density at radius 1 is 0.702 bits per heavy atom. The highest BCUT2D eigenvalue weighted by Crippen LogP contribution is 2.39. The lowest BCUT2D eigenvalue weighted by atomic mass is 9.87. The molecule has 0 aromatic carbocycles. The van der Waals surface area contributed by atoms with Crippen LogP contribution in [0.3, 0.4) is 0 Å². The molecule has 4 aliphatic heterocycles. The van der Waals surface area contributed by atoms with Crippen LogP contribution >= 0.6 is 0 Å². The summed E-state index contributed by atoms with van der Waals surface area (Å²) in [5, 5.41) is 141. The Hall–Kier alpha value is -2.39. The molecule has 0 aliphatic carbocycles. The molecule has 0 bridgehead atoms. The van der Waals surface area contributed by atoms with E-state index in [4.69, 9.17) is 38.9 Å². The lowest BCUT2D eigenvalue weighted by Gasteiger charge is -2.52. The van der Waals surface area contributed by atoms with Crippen molar-refractivity contribution in [2.45, 2.75) is 149 Å². The summed E-state index contributed by atoms with van der Waals surface area (Å²) in [7, 11) is 0. The largest absolute Gasteiger partial charge is 0.394 e. The fourth-order valence-corrected chi connectivity index (χ4v) is 7.08. The summed E-state index contributed by atoms with van der Waals surface area (Å²) >= 11 is 0. The minimum Gasteiger partial charge on any atom is -0.394 e. The van der Waals surface area contributed by atoms with Crippen molar-refractivity contribution in [2.75, 3.05) is 26.4 Å². The third-order valence-corrected chi connectivity index (χ3v) is 10.0. The Bertz CT molecular complexity index is 1350. The number of nitrogens with two attached hydrogens (primary N) is 1. The highest BCUT2D eigenvalue weighted by molar-refractivity contribution is 5.82. The zero-order valence-corrected chi connectivity index (χ0v) is 30.6. The number of carbonyl (C=O) groups is 3. The molecule has 57 heavy (non-hydrogen) atoms. The van der Waals surface area contributed by atoms with E-state index in [0.717, 1.165) is 13.8 Å². The van der Waals surface area contributed by atoms with E-state index in [1.807, 2.05) is 0 Å². The molecule has 26 nitrogen and oxygen atoms in total. The van der Waals surface area contributed by atoms with Crippen LogP contribution in [0.5, 0.6) is 0 Å². The fraction of sp³-hybridized carbons (Fsp3) is 0.903. The summed E-state index contributed by atoms with van der Waals surface area (Å²) in [4.78, 5) is 37.6. The molecule has 4 heterocycles. The molecular formula is C31H53N3O23. The van der Waals surface area contributed by atoms with Gasteiger partial charge in [-0.1, -0.05) is 0 Å². The van der Waals surface area contributed by atoms with E-state index < -0.39 is 179 Å². The number of carbonyl (C=O) groups excluding carboxylic acids is 3. The lowest BCUT2D eigenvalue weighted by Crippen LogP contribution is -2.72. The maximum absolute atomic E-state index is 13.4. The topological polar surface area (TPSA) is 429 Å². The number of hydrogen-bond donors (Lipinski definition) is 16. The molecule has 0 aromatic rings. The number of ether oxygens (including phenoxy) is 7. The van der Waals surface area contributed by atoms with Crippen LogP contribution in [-0.2, 0) is 47.5 Å². The standard InChI is InChI=1S/C31H53N3O23/c1-8(39)33-15-10(41)3-31(30(32)50,56-25(15)17(43)11(42)4-35)57-26-22(48)29(54-23-13(6-37)51-27(49)21(47)20(23)46)53-14(7-38)24(26)55-28-16(34-9(2)40)19(45)18(44)12(5-36)52-28/h10-29,35-38,41-49H,3-7H2,1-2H3,(H2,32,50)(H,33,39)(H,34,40)/t10-,11+,12+,13+,14+,15+,16+,17+,18-,19+,20+,21+,22+,23+,24-,25+,26+,27+,28-,29-,31-/m0/s1. The highest BCUT2D eigenvalue weighted by Gasteiger charge is 2.60. The zero-order valence-electron chi connectivity index (χ0n) is 30.6. The van der Waals surface area contributed by atoms with E-state index >= 15 is 0 Å². The van der Waals surface area contributed by atoms with Gasteiger partial charge < -0.3 is 116 Å². The molecule has 4 fully saturated rings. The first-order valence-electron chi connectivity index (χ1n) is 17.8. The summed E-state index contributed by atoms with van der Waals surface area (Å²) in [6.45, 7) is -2.00. The van der Waals surface area contributed by atoms with E-state index in [2.05, 4.69) is 10.6 Å². The molecule has 0 radical (unpaired) electrons. The van der Waals surface area contributed by atoms with Crippen LogP contribution in [0.25, 0.3) is 0 Å². The molecule has 4 saturated heterocycles. The number of hydrogen-bond acceptors (Lipinski definition) is 23. The average molecular weight is 836 g/mol. The Balaban J connectivity index is 1.82. The molecule has 4 aliphatic rings. The van der Waals surface area contributed by atoms with Crippen LogP contribution in [0.4, 0.5) is 0 Å². The van der Waals surface area contributed by atoms with Crippen molar-refractivity contribution >= 4 is 17.7 Å². The molecule has 4 rings (SSSR count). The van der Waals surface area contributed by atoms with Crippen LogP contribution in [0.2, 0.25) is 0 Å². The van der Waals surface area contributed by atoms with Crippen LogP contribution in [0.1, 0.15) is 20.3 Å². The monoisotopic (exact) mass is 835 g/mol. The van der Waals surface area contributed by atoms with Gasteiger partial charge in [-0.25, -0.2) is 0 Å². The van der Waals surface area contributed by atoms with Crippen molar-refractivity contribution in [3.8, 4) is 0 Å². The van der Waals surface area contributed by atoms with E-state index in [0.29, 0.717) is 0 Å². The molecule has 0 aromatic heterocycles. The second kappa shape index (κ2) is 19.8. The summed E-state index contributed by atoms with van der Waals surface area (Å²) in [5.74, 6) is -6.15. The van der Waals surface area contributed by atoms with E-state index in [9.17, 15) is 80.8 Å². The third kappa shape index (κ3) is 10.2. The first kappa shape index (κ1) is 47.3. The van der Waals surface area contributed by atoms with Gasteiger partial charge in [0.1, 0.15) is 91.5 Å². The Labute approximate surface area is 323 Å². The predicted octanol–water partition coefficient (Wildman–Crippen LogP) is -10.9. The van der Waals surface area contributed by atoms with Crippen molar-refractivity contribution in [3.63, 3.8) is 0 Å². The van der Waals surface area contributed by atoms with Gasteiger partial charge in [0, 0.05) is 20.3 Å². The van der Waals surface area contributed by atoms with Crippen LogP contribution in [0, 0.1) is 0 Å². The maximum atomic E-state index is 13.4. The van der Waals surface area contributed by atoms with Gasteiger partial charge in [0.2, 0.25) is 11.8 Å². The number of primary amides is 1. The van der Waals surface area contributed by atoms with Crippen LogP contribution in [-0.4, -0.2) is 239 Å². The average Bonchev–Trinajstić information content (AvgIpc) is 3.16. The molecule has 330 valence electrons. The van der Waals surface area contributed by atoms with Gasteiger partial charge in [-0.05, 0) is 0 Å². The minimum atomic E-state index is -3.00. The van der Waals surface area contributed by atoms with Crippen molar-refractivity contribution < 1.29 is 114 Å². The van der Waals surface area contributed by atoms with Gasteiger partial charge >= 0.3 is 0 Å². The Morgan fingerprint density at radius 2 is 1.25 bits per heavy atom. The van der Waals surface area contributed by atoms with Crippen molar-refractivity contribution in [3.05, 3.63) is 0 Å². The molecule has 0 saturated carbocycles. The number of rotatable bonds is 15. The normalized spacial score (nSPS) is 45.1. The first-order chi connectivity index (χ1) is 26.7. The zero-order chi connectivity index (χ0) is 42.7. The molecule has 0 spiro atoms. The predicted molar refractivity (Wildman–Crippen MR) is 176 cm³/mol. The highest BCUT2D eigenvalue weighted by atomic mass is 16.8. The molecular weight excluding hydrogens is 782 g/mol. The second-order valence-corrected chi connectivity index (χ2v) is 14.1. The van der Waals surface area contributed by atoms with Crippen molar-refractivity contribution in [1.82, 2.24) is 10.6 Å². The van der Waals surface area contributed by atoms with Gasteiger partial charge in [0.15, 0.2) is 18.9 Å². The van der Waals surface area contributed by atoms with Gasteiger partial charge in [0.25, 0.3) is 11.7 Å². The lowest BCUT2D eigenvalue weighted by molar-refractivity contribution is -0.398. The quantitative estimate of drug-likeness (QED) is 0.0728. The maximum Gasteiger partial charge on any atom is 0.277 e. The first-order valence-corrected chi connectivity index (χ1v) is 17.8. The molecule has 17 N–H and O–H groups in total. The minimum absolute atomic E-state index is 0.785. The Morgan fingerprint density at radius 3 is 1.79 bits per heavy atom. The van der Waals surface area contributed by atoms with E-state index in [1.165, 1.54) is 0 Å². The van der Waals surface area contributed by atoms with Gasteiger partial charge in [-0.3, -0.25) is 14.4 Å². The number of nitrogens with one attached hydrogen (secondary N) is 2. The SMILES string of the molecule is CC(=O)N[C@H]1[C@H](O[C@@H]2[C@H](O[C@]3(C(N)=O)C[C@H](O)[C@@H](NC(C)=O)[C@H]([C@H](O)[C@H](O)CO)O3)[C@@H](O)[C@H](O[C@H]3[C@H](O)[C@@H](O)[C@H](O)O[C@@H]3CO)O[C@@H]2CO)O[C@H](CO)[C@H](O)[C@@H]1O. The number of aliphatic hydroxyl groups is 13. The molecule has 0 unspecified atom stereocenters. The smallest absolute Gasteiger partial charge is 0.277 e.